The van der Waals surface area contributed by atoms with Crippen LogP contribution in [0.15, 0.2) is 29.8 Å². The maximum absolute atomic E-state index is 6.51. The molecule has 2 atom stereocenters. The van der Waals surface area contributed by atoms with Gasteiger partial charge in [-0.2, -0.15) is 0 Å². The molecule has 2 aliphatic carbocycles. The Morgan fingerprint density at radius 2 is 2.19 bits per heavy atom. The summed E-state index contributed by atoms with van der Waals surface area (Å²) in [4.78, 5) is 4.88. The zero-order valence-corrected chi connectivity index (χ0v) is 13.0. The van der Waals surface area contributed by atoms with Gasteiger partial charge in [0.25, 0.3) is 0 Å². The number of allylic oxidation sites excluding steroid dienone is 2. The average molecular weight is 299 g/mol. The SMILES string of the molecule is CCC1=C[C@H]2Cc3nc4ccc(Cl)cc4c(N)c3[C@@H](C1)C2. The van der Waals surface area contributed by atoms with Crippen LogP contribution in [-0.2, 0) is 6.42 Å². The van der Waals surface area contributed by atoms with Crippen molar-refractivity contribution in [2.75, 3.05) is 5.73 Å². The molecule has 0 unspecified atom stereocenters. The molecule has 3 heteroatoms. The van der Waals surface area contributed by atoms with Gasteiger partial charge >= 0.3 is 0 Å². The maximum atomic E-state index is 6.51. The van der Waals surface area contributed by atoms with Crippen LogP contribution in [-0.4, -0.2) is 4.98 Å². The predicted molar refractivity (Wildman–Crippen MR) is 88.7 cm³/mol. The minimum absolute atomic E-state index is 0.537. The number of pyridine rings is 1. The molecule has 0 spiro atoms. The van der Waals surface area contributed by atoms with Gasteiger partial charge in [0.1, 0.15) is 0 Å². The molecule has 108 valence electrons. The summed E-state index contributed by atoms with van der Waals surface area (Å²) in [7, 11) is 0. The Balaban J connectivity index is 1.92. The third-order valence-electron chi connectivity index (χ3n) is 4.99. The number of aromatic nitrogens is 1. The van der Waals surface area contributed by atoms with Crippen LogP contribution in [0.2, 0.25) is 5.02 Å². The number of rotatable bonds is 1. The Kier molecular flexibility index (Phi) is 2.97. The number of hydrogen-bond donors (Lipinski definition) is 1. The highest BCUT2D eigenvalue weighted by atomic mass is 35.5. The van der Waals surface area contributed by atoms with Gasteiger partial charge in [0, 0.05) is 27.4 Å². The first kappa shape index (κ1) is 13.1. The lowest BCUT2D eigenvalue weighted by Gasteiger charge is -2.35. The molecule has 21 heavy (non-hydrogen) atoms. The van der Waals surface area contributed by atoms with Gasteiger partial charge < -0.3 is 5.73 Å². The molecule has 0 saturated heterocycles. The fourth-order valence-electron chi connectivity index (χ4n) is 4.05. The summed E-state index contributed by atoms with van der Waals surface area (Å²) in [6.07, 6.45) is 7.00. The molecule has 2 aliphatic rings. The molecule has 1 aromatic heterocycles. The number of nitrogens with two attached hydrogens (primary N) is 1. The van der Waals surface area contributed by atoms with Crippen LogP contribution in [0.25, 0.3) is 10.9 Å². The fourth-order valence-corrected chi connectivity index (χ4v) is 4.22. The van der Waals surface area contributed by atoms with E-state index in [9.17, 15) is 0 Å². The van der Waals surface area contributed by atoms with Crippen molar-refractivity contribution in [1.29, 1.82) is 0 Å². The van der Waals surface area contributed by atoms with Gasteiger partial charge in [-0.15, -0.1) is 0 Å². The van der Waals surface area contributed by atoms with Crippen molar-refractivity contribution in [3.63, 3.8) is 0 Å². The molecule has 0 radical (unpaired) electrons. The zero-order chi connectivity index (χ0) is 14.6. The molecular weight excluding hydrogens is 280 g/mol. The van der Waals surface area contributed by atoms with E-state index in [1.807, 2.05) is 18.2 Å². The molecule has 0 saturated carbocycles. The molecule has 1 heterocycles. The van der Waals surface area contributed by atoms with E-state index in [1.54, 1.807) is 5.57 Å². The second-order valence-electron chi connectivity index (χ2n) is 6.33. The van der Waals surface area contributed by atoms with Crippen LogP contribution in [0.3, 0.4) is 0 Å². The second-order valence-corrected chi connectivity index (χ2v) is 6.76. The van der Waals surface area contributed by atoms with Crippen molar-refractivity contribution in [3.05, 3.63) is 46.1 Å². The van der Waals surface area contributed by atoms with Crippen molar-refractivity contribution in [3.8, 4) is 0 Å². The molecule has 2 N–H and O–H groups in total. The Hall–Kier alpha value is -1.54. The van der Waals surface area contributed by atoms with E-state index in [1.165, 1.54) is 17.7 Å². The van der Waals surface area contributed by atoms with Crippen LogP contribution in [0.1, 0.15) is 43.4 Å². The number of anilines is 1. The molecule has 0 aliphatic heterocycles. The lowest BCUT2D eigenvalue weighted by molar-refractivity contribution is 0.429. The van der Waals surface area contributed by atoms with Crippen LogP contribution in [0, 0.1) is 5.92 Å². The molecule has 2 bridgehead atoms. The highest BCUT2D eigenvalue weighted by Gasteiger charge is 2.33. The summed E-state index contributed by atoms with van der Waals surface area (Å²) >= 11 is 6.13. The summed E-state index contributed by atoms with van der Waals surface area (Å²) in [5.74, 6) is 1.18. The van der Waals surface area contributed by atoms with Gasteiger partial charge in [0.05, 0.1) is 5.52 Å². The third-order valence-corrected chi connectivity index (χ3v) is 5.23. The first-order chi connectivity index (χ1) is 10.2. The summed E-state index contributed by atoms with van der Waals surface area (Å²) in [6, 6.07) is 5.82. The average Bonchev–Trinajstić information content (AvgIpc) is 2.47. The Bertz CT molecular complexity index is 763. The van der Waals surface area contributed by atoms with Gasteiger partial charge in [-0.25, -0.2) is 0 Å². The van der Waals surface area contributed by atoms with Crippen molar-refractivity contribution in [2.45, 2.75) is 38.5 Å². The van der Waals surface area contributed by atoms with E-state index in [0.717, 1.165) is 40.9 Å². The Morgan fingerprint density at radius 1 is 1.33 bits per heavy atom. The lowest BCUT2D eigenvalue weighted by atomic mass is 9.70. The Labute approximate surface area is 130 Å². The van der Waals surface area contributed by atoms with Crippen molar-refractivity contribution in [1.82, 2.24) is 4.98 Å². The number of nitrogen functional groups attached to an aromatic ring is 1. The van der Waals surface area contributed by atoms with E-state index >= 15 is 0 Å². The predicted octanol–water partition coefficient (Wildman–Crippen LogP) is 4.86. The van der Waals surface area contributed by atoms with Crippen molar-refractivity contribution < 1.29 is 0 Å². The summed E-state index contributed by atoms with van der Waals surface area (Å²) in [5.41, 5.74) is 12.5. The number of fused-ring (bicyclic) bond motifs is 5. The molecule has 4 rings (SSSR count). The maximum Gasteiger partial charge on any atom is 0.0727 e. The highest BCUT2D eigenvalue weighted by Crippen LogP contribution is 2.47. The van der Waals surface area contributed by atoms with Gasteiger partial charge in [-0.3, -0.25) is 4.98 Å². The number of nitrogens with zero attached hydrogens (tertiary/aromatic N) is 1. The number of halogens is 1. The lowest BCUT2D eigenvalue weighted by Crippen LogP contribution is -2.24. The van der Waals surface area contributed by atoms with Crippen LogP contribution in [0.4, 0.5) is 5.69 Å². The molecule has 0 fully saturated rings. The number of hydrogen-bond acceptors (Lipinski definition) is 2. The first-order valence-corrected chi connectivity index (χ1v) is 8.10. The largest absolute Gasteiger partial charge is 0.398 e. The topological polar surface area (TPSA) is 38.9 Å². The van der Waals surface area contributed by atoms with Gasteiger partial charge in [-0.1, -0.05) is 30.2 Å². The van der Waals surface area contributed by atoms with Gasteiger partial charge in [0.15, 0.2) is 0 Å². The molecule has 1 aromatic carbocycles. The first-order valence-electron chi connectivity index (χ1n) is 7.72. The monoisotopic (exact) mass is 298 g/mol. The Morgan fingerprint density at radius 3 is 3.00 bits per heavy atom. The smallest absolute Gasteiger partial charge is 0.0727 e. The van der Waals surface area contributed by atoms with Gasteiger partial charge in [0.2, 0.25) is 0 Å². The molecular formula is C18H19ClN2. The second kappa shape index (κ2) is 4.74. The van der Waals surface area contributed by atoms with E-state index < -0.39 is 0 Å². The zero-order valence-electron chi connectivity index (χ0n) is 12.2. The van der Waals surface area contributed by atoms with E-state index in [2.05, 4.69) is 13.0 Å². The summed E-state index contributed by atoms with van der Waals surface area (Å²) in [5, 5.41) is 1.73. The standard InChI is InChI=1S/C18H19ClN2/c1-2-10-5-11-7-12(6-10)17-16(8-11)21-15-4-3-13(19)9-14(15)18(17)20/h3-5,9,11-12H,2,6-8H2,1H3,(H2,20,21)/t11-,12+/m1/s1. The van der Waals surface area contributed by atoms with Crippen LogP contribution < -0.4 is 5.73 Å². The van der Waals surface area contributed by atoms with Crippen molar-refractivity contribution >= 4 is 28.2 Å². The minimum atomic E-state index is 0.537. The van der Waals surface area contributed by atoms with Crippen LogP contribution in [0.5, 0.6) is 0 Å². The van der Waals surface area contributed by atoms with E-state index in [4.69, 9.17) is 22.3 Å². The number of benzene rings is 1. The molecule has 2 nitrogen and oxygen atoms in total. The normalized spacial score (nSPS) is 23.8. The summed E-state index contributed by atoms with van der Waals surface area (Å²) in [6.45, 7) is 2.25. The van der Waals surface area contributed by atoms with Crippen LogP contribution >= 0.6 is 11.6 Å². The van der Waals surface area contributed by atoms with Crippen molar-refractivity contribution in [2.24, 2.45) is 5.92 Å². The summed E-state index contributed by atoms with van der Waals surface area (Å²) < 4.78 is 0. The van der Waals surface area contributed by atoms with E-state index in [-0.39, 0.29) is 0 Å². The molecule has 0 amide bonds. The molecule has 2 aromatic rings. The quantitative estimate of drug-likeness (QED) is 0.764. The third kappa shape index (κ3) is 2.04. The highest BCUT2D eigenvalue weighted by molar-refractivity contribution is 6.31. The van der Waals surface area contributed by atoms with Gasteiger partial charge in [-0.05, 0) is 55.7 Å². The fraction of sp³-hybridized carbons (Fsp3) is 0.389. The minimum Gasteiger partial charge on any atom is -0.398 e. The van der Waals surface area contributed by atoms with E-state index in [0.29, 0.717) is 11.8 Å².